The molecule has 0 unspecified atom stereocenters. The van der Waals surface area contributed by atoms with Gasteiger partial charge < -0.3 is 10.4 Å². The first-order valence-electron chi connectivity index (χ1n) is 7.54. The fourth-order valence-corrected chi connectivity index (χ4v) is 2.82. The van der Waals surface area contributed by atoms with Crippen molar-refractivity contribution >= 4 is 5.91 Å². The van der Waals surface area contributed by atoms with Crippen molar-refractivity contribution in [2.75, 3.05) is 0 Å². The Labute approximate surface area is 130 Å². The van der Waals surface area contributed by atoms with Crippen LogP contribution in [0.5, 0.6) is 0 Å². The molecule has 1 amide bonds. The number of carbonyl (C=O) groups excluding carboxylic acids is 1. The van der Waals surface area contributed by atoms with E-state index in [1.54, 1.807) is 0 Å². The van der Waals surface area contributed by atoms with Crippen LogP contribution in [0.15, 0.2) is 60.7 Å². The lowest BCUT2D eigenvalue weighted by Gasteiger charge is -2.18. The topological polar surface area (TPSA) is 61.4 Å². The summed E-state index contributed by atoms with van der Waals surface area (Å²) in [5.74, 6) is -0.135. The molecule has 0 aromatic heterocycles. The summed E-state index contributed by atoms with van der Waals surface area (Å²) >= 11 is 0. The van der Waals surface area contributed by atoms with Crippen LogP contribution in [-0.4, -0.2) is 29.2 Å². The maximum absolute atomic E-state index is 12.1. The van der Waals surface area contributed by atoms with Gasteiger partial charge in [0.05, 0.1) is 12.1 Å². The molecule has 0 aliphatic carbocycles. The van der Waals surface area contributed by atoms with Crippen molar-refractivity contribution in [2.45, 2.75) is 31.2 Å². The van der Waals surface area contributed by atoms with E-state index in [0.717, 1.165) is 11.1 Å². The van der Waals surface area contributed by atoms with Crippen LogP contribution in [0.3, 0.4) is 0 Å². The fraction of sp³-hybridized carbons (Fsp3) is 0.278. The molecule has 3 N–H and O–H groups in total. The van der Waals surface area contributed by atoms with Crippen LogP contribution < -0.4 is 10.6 Å². The van der Waals surface area contributed by atoms with Gasteiger partial charge in [0.1, 0.15) is 6.04 Å². The second-order valence-electron chi connectivity index (χ2n) is 5.64. The molecule has 4 heteroatoms. The predicted octanol–water partition coefficient (Wildman–Crippen LogP) is 1.25. The van der Waals surface area contributed by atoms with Gasteiger partial charge in [-0.2, -0.15) is 0 Å². The lowest BCUT2D eigenvalue weighted by Crippen LogP contribution is -2.43. The molecule has 3 atom stereocenters. The molecule has 1 aliphatic heterocycles. The molecule has 114 valence electrons. The normalized spacial score (nSPS) is 24.2. The van der Waals surface area contributed by atoms with Gasteiger partial charge in [-0.25, -0.2) is 0 Å². The van der Waals surface area contributed by atoms with Crippen molar-refractivity contribution in [2.24, 2.45) is 0 Å². The van der Waals surface area contributed by atoms with Gasteiger partial charge >= 0.3 is 0 Å². The van der Waals surface area contributed by atoms with Crippen molar-refractivity contribution in [1.82, 2.24) is 10.6 Å². The summed E-state index contributed by atoms with van der Waals surface area (Å²) in [6.45, 7) is 0.564. The molecule has 0 saturated carbocycles. The third-order valence-corrected chi connectivity index (χ3v) is 4.03. The molecule has 2 aromatic carbocycles. The number of amides is 1. The molecule has 1 saturated heterocycles. The van der Waals surface area contributed by atoms with Gasteiger partial charge in [-0.1, -0.05) is 60.7 Å². The molecule has 0 radical (unpaired) electrons. The van der Waals surface area contributed by atoms with Crippen LogP contribution >= 0.6 is 0 Å². The summed E-state index contributed by atoms with van der Waals surface area (Å²) in [5.41, 5.74) is 2.20. The Balaban J connectivity index is 1.60. The van der Waals surface area contributed by atoms with E-state index in [2.05, 4.69) is 10.6 Å². The number of hydrogen-bond donors (Lipinski definition) is 3. The third kappa shape index (κ3) is 3.35. The van der Waals surface area contributed by atoms with Gasteiger partial charge in [0.15, 0.2) is 0 Å². The van der Waals surface area contributed by atoms with Crippen molar-refractivity contribution in [3.8, 4) is 0 Å². The van der Waals surface area contributed by atoms with Gasteiger partial charge in [0, 0.05) is 6.54 Å². The standard InChI is InChI=1S/C18H20N2O2/c21-17-15(11-13-7-3-1-4-8-13)20-18(22)16(17)19-12-14-9-5-2-6-10-14/h1-10,15-17,19,21H,11-12H2,(H,20,22)/t15-,16+,17+/m0/s1. The van der Waals surface area contributed by atoms with Crippen molar-refractivity contribution in [3.63, 3.8) is 0 Å². The monoisotopic (exact) mass is 296 g/mol. The average molecular weight is 296 g/mol. The maximum Gasteiger partial charge on any atom is 0.240 e. The van der Waals surface area contributed by atoms with Crippen LogP contribution in [0.4, 0.5) is 0 Å². The minimum atomic E-state index is -0.726. The summed E-state index contributed by atoms with van der Waals surface area (Å²) in [6.07, 6.45) is -0.0894. The lowest BCUT2D eigenvalue weighted by atomic mass is 10.0. The number of benzene rings is 2. The van der Waals surface area contributed by atoms with Gasteiger partial charge in [-0.05, 0) is 17.5 Å². The van der Waals surface area contributed by atoms with Crippen LogP contribution in [0, 0.1) is 0 Å². The number of aliphatic hydroxyl groups is 1. The molecular weight excluding hydrogens is 276 g/mol. The largest absolute Gasteiger partial charge is 0.389 e. The zero-order chi connectivity index (χ0) is 15.4. The first-order valence-corrected chi connectivity index (χ1v) is 7.54. The minimum absolute atomic E-state index is 0.135. The number of nitrogens with one attached hydrogen (secondary N) is 2. The Morgan fingerprint density at radius 1 is 0.955 bits per heavy atom. The smallest absolute Gasteiger partial charge is 0.240 e. The first-order chi connectivity index (χ1) is 10.7. The zero-order valence-corrected chi connectivity index (χ0v) is 12.3. The Hall–Kier alpha value is -2.17. The Morgan fingerprint density at radius 3 is 2.18 bits per heavy atom. The molecule has 1 heterocycles. The van der Waals surface area contributed by atoms with E-state index in [0.29, 0.717) is 13.0 Å². The van der Waals surface area contributed by atoms with E-state index in [1.807, 2.05) is 60.7 Å². The van der Waals surface area contributed by atoms with Crippen molar-refractivity contribution in [1.29, 1.82) is 0 Å². The minimum Gasteiger partial charge on any atom is -0.389 e. The summed E-state index contributed by atoms with van der Waals surface area (Å²) in [5, 5.41) is 16.5. The first kappa shape index (κ1) is 14.8. The molecule has 0 spiro atoms. The second kappa shape index (κ2) is 6.73. The molecule has 4 nitrogen and oxygen atoms in total. The second-order valence-corrected chi connectivity index (χ2v) is 5.64. The van der Waals surface area contributed by atoms with Crippen molar-refractivity contribution in [3.05, 3.63) is 71.8 Å². The lowest BCUT2D eigenvalue weighted by molar-refractivity contribution is -0.121. The van der Waals surface area contributed by atoms with Crippen LogP contribution in [-0.2, 0) is 17.8 Å². The summed E-state index contributed by atoms with van der Waals surface area (Å²) in [6, 6.07) is 18.9. The SMILES string of the molecule is O=C1N[C@@H](Cc2ccccc2)[C@@H](O)[C@H]1NCc1ccccc1. The fourth-order valence-electron chi connectivity index (χ4n) is 2.82. The maximum atomic E-state index is 12.1. The van der Waals surface area contributed by atoms with Crippen LogP contribution in [0.1, 0.15) is 11.1 Å². The van der Waals surface area contributed by atoms with Crippen LogP contribution in [0.2, 0.25) is 0 Å². The van der Waals surface area contributed by atoms with E-state index in [-0.39, 0.29) is 11.9 Å². The summed E-state index contributed by atoms with van der Waals surface area (Å²) in [4.78, 5) is 12.1. The Bertz CT molecular complexity index is 615. The van der Waals surface area contributed by atoms with Gasteiger partial charge in [0.2, 0.25) is 5.91 Å². The quantitative estimate of drug-likeness (QED) is 0.778. The highest BCUT2D eigenvalue weighted by Gasteiger charge is 2.40. The number of carbonyl (C=O) groups is 1. The van der Waals surface area contributed by atoms with Crippen molar-refractivity contribution < 1.29 is 9.90 Å². The zero-order valence-electron chi connectivity index (χ0n) is 12.3. The van der Waals surface area contributed by atoms with E-state index in [9.17, 15) is 9.90 Å². The van der Waals surface area contributed by atoms with Gasteiger partial charge in [-0.3, -0.25) is 10.1 Å². The van der Waals surface area contributed by atoms with Gasteiger partial charge in [-0.15, -0.1) is 0 Å². The third-order valence-electron chi connectivity index (χ3n) is 4.03. The van der Waals surface area contributed by atoms with E-state index >= 15 is 0 Å². The molecule has 3 rings (SSSR count). The van der Waals surface area contributed by atoms with Gasteiger partial charge in [0.25, 0.3) is 0 Å². The summed E-state index contributed by atoms with van der Waals surface area (Å²) in [7, 11) is 0. The highest BCUT2D eigenvalue weighted by atomic mass is 16.3. The van der Waals surface area contributed by atoms with E-state index < -0.39 is 12.1 Å². The average Bonchev–Trinajstić information content (AvgIpc) is 2.81. The van der Waals surface area contributed by atoms with E-state index in [1.165, 1.54) is 0 Å². The highest BCUT2D eigenvalue weighted by Crippen LogP contribution is 2.15. The van der Waals surface area contributed by atoms with E-state index in [4.69, 9.17) is 0 Å². The Kier molecular flexibility index (Phi) is 4.51. The number of rotatable bonds is 5. The Morgan fingerprint density at radius 2 is 1.55 bits per heavy atom. The molecule has 1 fully saturated rings. The number of hydrogen-bond acceptors (Lipinski definition) is 3. The molecule has 22 heavy (non-hydrogen) atoms. The molecule has 1 aliphatic rings. The number of aliphatic hydroxyl groups excluding tert-OH is 1. The molecular formula is C18H20N2O2. The predicted molar refractivity (Wildman–Crippen MR) is 85.2 cm³/mol. The highest BCUT2D eigenvalue weighted by molar-refractivity contribution is 5.85. The molecule has 2 aromatic rings. The van der Waals surface area contributed by atoms with Crippen LogP contribution in [0.25, 0.3) is 0 Å². The summed E-state index contributed by atoms with van der Waals surface area (Å²) < 4.78 is 0. The molecule has 0 bridgehead atoms.